The van der Waals surface area contributed by atoms with E-state index in [1.165, 1.54) is 7.11 Å². The molecule has 17 heavy (non-hydrogen) atoms. The van der Waals surface area contributed by atoms with Crippen LogP contribution in [0.4, 0.5) is 5.69 Å². The Morgan fingerprint density at radius 1 is 1.47 bits per heavy atom. The maximum atomic E-state index is 11.4. The third-order valence-electron chi connectivity index (χ3n) is 2.78. The number of hydrogen-bond donors (Lipinski definition) is 1. The maximum Gasteiger partial charge on any atom is 0.337 e. The molecule has 1 aliphatic heterocycles. The van der Waals surface area contributed by atoms with Crippen molar-refractivity contribution in [2.75, 3.05) is 25.6 Å². The lowest BCUT2D eigenvalue weighted by molar-refractivity contribution is 0.0600. The maximum absolute atomic E-state index is 11.4. The summed E-state index contributed by atoms with van der Waals surface area (Å²) < 4.78 is 10.4. The lowest BCUT2D eigenvalue weighted by Crippen LogP contribution is -2.27. The summed E-state index contributed by atoms with van der Waals surface area (Å²) in [7, 11) is 1.38. The summed E-state index contributed by atoms with van der Waals surface area (Å²) in [6.07, 6.45) is 0. The summed E-state index contributed by atoms with van der Waals surface area (Å²) in [6.45, 7) is 5.73. The van der Waals surface area contributed by atoms with Gasteiger partial charge in [0.05, 0.1) is 25.0 Å². The van der Waals surface area contributed by atoms with Crippen molar-refractivity contribution in [2.45, 2.75) is 13.8 Å². The van der Waals surface area contributed by atoms with Crippen molar-refractivity contribution in [2.24, 2.45) is 5.41 Å². The topological polar surface area (TPSA) is 47.6 Å². The molecule has 0 unspecified atom stereocenters. The summed E-state index contributed by atoms with van der Waals surface area (Å²) in [4.78, 5) is 11.4. The van der Waals surface area contributed by atoms with Crippen molar-refractivity contribution in [3.8, 4) is 5.75 Å². The number of methoxy groups -OCH3 is 1. The zero-order chi connectivity index (χ0) is 12.5. The standard InChI is InChI=1S/C13H17NO3/c1-13(2)7-14-10-6-9(12(15)16-3)4-5-11(10)17-8-13/h4-6,14H,7-8H2,1-3H3. The molecule has 4 nitrogen and oxygen atoms in total. The molecule has 0 aromatic heterocycles. The molecule has 0 fully saturated rings. The van der Waals surface area contributed by atoms with Crippen molar-refractivity contribution >= 4 is 11.7 Å². The monoisotopic (exact) mass is 235 g/mol. The SMILES string of the molecule is COC(=O)c1ccc2c(c1)NCC(C)(C)CO2. The molecule has 1 aliphatic rings. The number of benzene rings is 1. The van der Waals surface area contributed by atoms with Crippen molar-refractivity contribution in [1.82, 2.24) is 0 Å². The van der Waals surface area contributed by atoms with Crippen LogP contribution in [-0.4, -0.2) is 26.2 Å². The first-order valence-electron chi connectivity index (χ1n) is 5.61. The molecule has 1 N–H and O–H groups in total. The smallest absolute Gasteiger partial charge is 0.337 e. The fourth-order valence-electron chi connectivity index (χ4n) is 1.70. The Kier molecular flexibility index (Phi) is 2.96. The van der Waals surface area contributed by atoms with Gasteiger partial charge in [-0.3, -0.25) is 0 Å². The van der Waals surface area contributed by atoms with E-state index in [1.807, 2.05) is 0 Å². The highest BCUT2D eigenvalue weighted by molar-refractivity contribution is 5.91. The Labute approximate surface area is 101 Å². The van der Waals surface area contributed by atoms with E-state index in [4.69, 9.17) is 9.47 Å². The minimum atomic E-state index is -0.335. The highest BCUT2D eigenvalue weighted by Crippen LogP contribution is 2.32. The van der Waals surface area contributed by atoms with E-state index in [2.05, 4.69) is 19.2 Å². The third kappa shape index (κ3) is 2.52. The van der Waals surface area contributed by atoms with Crippen LogP contribution in [0.2, 0.25) is 0 Å². The van der Waals surface area contributed by atoms with Crippen molar-refractivity contribution in [3.05, 3.63) is 23.8 Å². The van der Waals surface area contributed by atoms with Gasteiger partial charge in [0.15, 0.2) is 0 Å². The molecule has 0 spiro atoms. The van der Waals surface area contributed by atoms with Crippen LogP contribution in [0.1, 0.15) is 24.2 Å². The summed E-state index contributed by atoms with van der Waals surface area (Å²) in [6, 6.07) is 5.28. The van der Waals surface area contributed by atoms with E-state index in [0.29, 0.717) is 12.2 Å². The number of carbonyl (C=O) groups is 1. The summed E-state index contributed by atoms with van der Waals surface area (Å²) in [5, 5.41) is 3.30. The summed E-state index contributed by atoms with van der Waals surface area (Å²) >= 11 is 0. The van der Waals surface area contributed by atoms with Crippen LogP contribution in [0.5, 0.6) is 5.75 Å². The van der Waals surface area contributed by atoms with Crippen LogP contribution in [0.25, 0.3) is 0 Å². The highest BCUT2D eigenvalue weighted by atomic mass is 16.5. The first kappa shape index (κ1) is 11.8. The molecule has 0 atom stereocenters. The molecular weight excluding hydrogens is 218 g/mol. The van der Waals surface area contributed by atoms with Crippen molar-refractivity contribution < 1.29 is 14.3 Å². The van der Waals surface area contributed by atoms with Gasteiger partial charge in [-0.15, -0.1) is 0 Å². The number of nitrogens with one attached hydrogen (secondary N) is 1. The largest absolute Gasteiger partial charge is 0.491 e. The van der Waals surface area contributed by atoms with Crippen LogP contribution in [0.15, 0.2) is 18.2 Å². The van der Waals surface area contributed by atoms with Crippen LogP contribution >= 0.6 is 0 Å². The average molecular weight is 235 g/mol. The lowest BCUT2D eigenvalue weighted by atomic mass is 9.95. The first-order chi connectivity index (χ1) is 8.02. The van der Waals surface area contributed by atoms with Gasteiger partial charge in [-0.05, 0) is 18.2 Å². The van der Waals surface area contributed by atoms with E-state index in [0.717, 1.165) is 18.0 Å². The van der Waals surface area contributed by atoms with Crippen molar-refractivity contribution in [3.63, 3.8) is 0 Å². The van der Waals surface area contributed by atoms with Gasteiger partial charge < -0.3 is 14.8 Å². The molecule has 4 heteroatoms. The average Bonchev–Trinajstić information content (AvgIpc) is 2.47. The van der Waals surface area contributed by atoms with Gasteiger partial charge in [0.25, 0.3) is 0 Å². The molecule has 0 aliphatic carbocycles. The van der Waals surface area contributed by atoms with E-state index in [-0.39, 0.29) is 11.4 Å². The van der Waals surface area contributed by atoms with Gasteiger partial charge in [-0.25, -0.2) is 4.79 Å². The minimum absolute atomic E-state index is 0.0739. The Morgan fingerprint density at radius 2 is 2.24 bits per heavy atom. The predicted octanol–water partition coefficient (Wildman–Crippen LogP) is 2.30. The normalized spacial score (nSPS) is 17.1. The lowest BCUT2D eigenvalue weighted by Gasteiger charge is -2.20. The van der Waals surface area contributed by atoms with Crippen LogP contribution in [0, 0.1) is 5.41 Å². The molecule has 0 amide bonds. The van der Waals surface area contributed by atoms with Crippen LogP contribution in [-0.2, 0) is 4.74 Å². The number of ether oxygens (including phenoxy) is 2. The first-order valence-corrected chi connectivity index (χ1v) is 5.61. The highest BCUT2D eigenvalue weighted by Gasteiger charge is 2.24. The van der Waals surface area contributed by atoms with Crippen molar-refractivity contribution in [1.29, 1.82) is 0 Å². The number of carbonyl (C=O) groups excluding carboxylic acids is 1. The van der Waals surface area contributed by atoms with Gasteiger partial charge in [-0.1, -0.05) is 13.8 Å². The quantitative estimate of drug-likeness (QED) is 0.759. The zero-order valence-electron chi connectivity index (χ0n) is 10.4. The number of rotatable bonds is 1. The molecule has 92 valence electrons. The van der Waals surface area contributed by atoms with Gasteiger partial charge >= 0.3 is 5.97 Å². The van der Waals surface area contributed by atoms with Gasteiger partial charge in [0.2, 0.25) is 0 Å². The molecule has 0 bridgehead atoms. The molecule has 0 saturated heterocycles. The van der Waals surface area contributed by atoms with E-state index in [9.17, 15) is 4.79 Å². The zero-order valence-corrected chi connectivity index (χ0v) is 10.4. The summed E-state index contributed by atoms with van der Waals surface area (Å²) in [5.41, 5.74) is 1.45. The number of fused-ring (bicyclic) bond motifs is 1. The number of esters is 1. The Balaban J connectivity index is 2.29. The Bertz CT molecular complexity index is 440. The molecule has 0 radical (unpaired) electrons. The fourth-order valence-corrected chi connectivity index (χ4v) is 1.70. The summed E-state index contributed by atoms with van der Waals surface area (Å²) in [5.74, 6) is 0.446. The molecular formula is C13H17NO3. The molecule has 2 rings (SSSR count). The molecule has 1 aromatic carbocycles. The van der Waals surface area contributed by atoms with Crippen LogP contribution < -0.4 is 10.1 Å². The second-order valence-corrected chi connectivity index (χ2v) is 5.01. The fraction of sp³-hybridized carbons (Fsp3) is 0.462. The minimum Gasteiger partial charge on any atom is -0.491 e. The second-order valence-electron chi connectivity index (χ2n) is 5.01. The third-order valence-corrected chi connectivity index (χ3v) is 2.78. The molecule has 1 heterocycles. The van der Waals surface area contributed by atoms with E-state index >= 15 is 0 Å². The molecule has 0 saturated carbocycles. The van der Waals surface area contributed by atoms with E-state index < -0.39 is 0 Å². The van der Waals surface area contributed by atoms with Gasteiger partial charge in [-0.2, -0.15) is 0 Å². The van der Waals surface area contributed by atoms with Crippen LogP contribution in [0.3, 0.4) is 0 Å². The Hall–Kier alpha value is -1.71. The van der Waals surface area contributed by atoms with Gasteiger partial charge in [0, 0.05) is 12.0 Å². The number of anilines is 1. The predicted molar refractivity (Wildman–Crippen MR) is 65.5 cm³/mol. The second kappa shape index (κ2) is 4.28. The van der Waals surface area contributed by atoms with E-state index in [1.54, 1.807) is 18.2 Å². The number of hydrogen-bond acceptors (Lipinski definition) is 4. The Morgan fingerprint density at radius 3 is 2.94 bits per heavy atom. The van der Waals surface area contributed by atoms with Gasteiger partial charge in [0.1, 0.15) is 5.75 Å². The molecule has 1 aromatic rings.